The molecule has 0 radical (unpaired) electrons. The number of aromatic nitrogens is 1. The van der Waals surface area contributed by atoms with Crippen molar-refractivity contribution in [3.8, 4) is 0 Å². The maximum absolute atomic E-state index is 12.8. The fourth-order valence-corrected chi connectivity index (χ4v) is 3.12. The average molecular weight is 428 g/mol. The van der Waals surface area contributed by atoms with Gasteiger partial charge in [-0.05, 0) is 39.7 Å². The minimum atomic E-state index is -4.40. The maximum Gasteiger partial charge on any atom is 0.416 e. The molecule has 0 spiro atoms. The molecule has 1 aromatic heterocycles. The third-order valence-corrected chi connectivity index (χ3v) is 4.75. The molecule has 0 N–H and O–H groups in total. The predicted molar refractivity (Wildman–Crippen MR) is 95.9 cm³/mol. The van der Waals surface area contributed by atoms with Gasteiger partial charge in [0.05, 0.1) is 12.0 Å². The zero-order valence-corrected chi connectivity index (χ0v) is 15.4. The number of pyridine rings is 1. The number of nitrogens with zero attached hydrogens (tertiary/aromatic N) is 3. The lowest BCUT2D eigenvalue weighted by molar-refractivity contribution is -0.138. The van der Waals surface area contributed by atoms with Gasteiger partial charge in [0.15, 0.2) is 0 Å². The van der Waals surface area contributed by atoms with Gasteiger partial charge in [-0.15, -0.1) is 0 Å². The summed E-state index contributed by atoms with van der Waals surface area (Å²) in [6, 6.07) is 8.76. The minimum Gasteiger partial charge on any atom is -0.353 e. The highest BCUT2D eigenvalue weighted by Crippen LogP contribution is 2.29. The van der Waals surface area contributed by atoms with Crippen molar-refractivity contribution in [2.24, 2.45) is 0 Å². The number of carbonyl (C=O) groups excluding carboxylic acids is 1. The van der Waals surface area contributed by atoms with Crippen LogP contribution in [0.1, 0.15) is 11.1 Å². The first-order valence-electron chi connectivity index (χ1n) is 8.13. The fourth-order valence-electron chi connectivity index (χ4n) is 2.88. The largest absolute Gasteiger partial charge is 0.416 e. The van der Waals surface area contributed by atoms with Gasteiger partial charge in [-0.1, -0.05) is 18.2 Å². The van der Waals surface area contributed by atoms with Crippen molar-refractivity contribution in [1.82, 2.24) is 9.88 Å². The van der Waals surface area contributed by atoms with Gasteiger partial charge in [-0.25, -0.2) is 4.98 Å². The summed E-state index contributed by atoms with van der Waals surface area (Å²) in [5, 5.41) is 0. The molecule has 1 amide bonds. The molecule has 0 unspecified atom stereocenters. The van der Waals surface area contributed by atoms with Crippen LogP contribution in [0.2, 0.25) is 0 Å². The summed E-state index contributed by atoms with van der Waals surface area (Å²) < 4.78 is 39.2. The van der Waals surface area contributed by atoms with Gasteiger partial charge in [0, 0.05) is 36.8 Å². The monoisotopic (exact) mass is 427 g/mol. The Labute approximate surface area is 157 Å². The maximum atomic E-state index is 12.8. The molecular formula is C18H17BrF3N3O. The zero-order valence-electron chi connectivity index (χ0n) is 13.8. The second kappa shape index (κ2) is 7.65. The second-order valence-corrected chi connectivity index (χ2v) is 6.99. The number of piperazine rings is 1. The SMILES string of the molecule is O=C(Cc1cccc(C(F)(F)F)c1)N1CCN(c2ccc(Br)cn2)CC1. The van der Waals surface area contributed by atoms with Crippen molar-refractivity contribution in [2.45, 2.75) is 12.6 Å². The van der Waals surface area contributed by atoms with Gasteiger partial charge < -0.3 is 9.80 Å². The van der Waals surface area contributed by atoms with Crippen LogP contribution in [0, 0.1) is 0 Å². The fraction of sp³-hybridized carbons (Fsp3) is 0.333. The van der Waals surface area contributed by atoms with Crippen LogP contribution in [0.15, 0.2) is 47.1 Å². The Balaban J connectivity index is 1.58. The Morgan fingerprint density at radius 2 is 1.85 bits per heavy atom. The Bertz CT molecular complexity index is 772. The molecule has 2 heterocycles. The molecule has 138 valence electrons. The number of anilines is 1. The highest BCUT2D eigenvalue weighted by atomic mass is 79.9. The first kappa shape index (κ1) is 18.7. The first-order chi connectivity index (χ1) is 12.3. The lowest BCUT2D eigenvalue weighted by Crippen LogP contribution is -2.49. The molecule has 8 heteroatoms. The molecule has 0 aliphatic carbocycles. The number of hydrogen-bond donors (Lipinski definition) is 0. The summed E-state index contributed by atoms with van der Waals surface area (Å²) in [5.41, 5.74) is -0.351. The predicted octanol–water partition coefficient (Wildman–Crippen LogP) is 3.75. The highest BCUT2D eigenvalue weighted by Gasteiger charge is 2.30. The normalized spacial score (nSPS) is 15.2. The number of benzene rings is 1. The summed E-state index contributed by atoms with van der Waals surface area (Å²) in [6.07, 6.45) is -2.71. The van der Waals surface area contributed by atoms with E-state index in [1.54, 1.807) is 17.2 Å². The minimum absolute atomic E-state index is 0.0273. The molecule has 1 aliphatic heterocycles. The van der Waals surface area contributed by atoms with E-state index in [4.69, 9.17) is 0 Å². The van der Waals surface area contributed by atoms with E-state index in [0.717, 1.165) is 22.4 Å². The topological polar surface area (TPSA) is 36.4 Å². The summed E-state index contributed by atoms with van der Waals surface area (Å²) in [6.45, 7) is 2.33. The number of carbonyl (C=O) groups is 1. The Kier molecular flexibility index (Phi) is 5.50. The van der Waals surface area contributed by atoms with Crippen LogP contribution in [-0.4, -0.2) is 42.0 Å². The van der Waals surface area contributed by atoms with E-state index in [9.17, 15) is 18.0 Å². The van der Waals surface area contributed by atoms with Crippen LogP contribution in [0.4, 0.5) is 19.0 Å². The molecule has 1 saturated heterocycles. The van der Waals surface area contributed by atoms with Gasteiger partial charge in [-0.2, -0.15) is 13.2 Å². The second-order valence-electron chi connectivity index (χ2n) is 6.08. The standard InChI is InChI=1S/C18H17BrF3N3O/c19-15-4-5-16(23-12-15)24-6-8-25(9-7-24)17(26)11-13-2-1-3-14(10-13)18(20,21)22/h1-5,10,12H,6-9,11H2. The Hall–Kier alpha value is -2.09. The van der Waals surface area contributed by atoms with E-state index in [0.29, 0.717) is 31.7 Å². The first-order valence-corrected chi connectivity index (χ1v) is 8.92. The smallest absolute Gasteiger partial charge is 0.353 e. The van der Waals surface area contributed by atoms with Gasteiger partial charge >= 0.3 is 6.18 Å². The van der Waals surface area contributed by atoms with E-state index in [-0.39, 0.29) is 12.3 Å². The summed E-state index contributed by atoms with van der Waals surface area (Å²) in [5.74, 6) is 0.686. The van der Waals surface area contributed by atoms with Crippen LogP contribution in [0.5, 0.6) is 0 Å². The summed E-state index contributed by atoms with van der Waals surface area (Å²) in [7, 11) is 0. The quantitative estimate of drug-likeness (QED) is 0.748. The zero-order chi connectivity index (χ0) is 18.7. The molecular weight excluding hydrogens is 411 g/mol. The van der Waals surface area contributed by atoms with Gasteiger partial charge in [0.25, 0.3) is 0 Å². The lowest BCUT2D eigenvalue weighted by Gasteiger charge is -2.35. The van der Waals surface area contributed by atoms with Crippen LogP contribution >= 0.6 is 15.9 Å². The van der Waals surface area contributed by atoms with Crippen molar-refractivity contribution >= 4 is 27.7 Å². The highest BCUT2D eigenvalue weighted by molar-refractivity contribution is 9.10. The molecule has 0 saturated carbocycles. The molecule has 1 aromatic carbocycles. The molecule has 4 nitrogen and oxygen atoms in total. The number of rotatable bonds is 3. The number of hydrogen-bond acceptors (Lipinski definition) is 3. The van der Waals surface area contributed by atoms with E-state index in [1.807, 2.05) is 12.1 Å². The Morgan fingerprint density at radius 3 is 2.46 bits per heavy atom. The molecule has 0 bridgehead atoms. The van der Waals surface area contributed by atoms with Crippen LogP contribution < -0.4 is 4.90 Å². The molecule has 26 heavy (non-hydrogen) atoms. The van der Waals surface area contributed by atoms with Crippen molar-refractivity contribution in [3.63, 3.8) is 0 Å². The van der Waals surface area contributed by atoms with Gasteiger partial charge in [0.1, 0.15) is 5.82 Å². The third-order valence-electron chi connectivity index (χ3n) is 4.28. The van der Waals surface area contributed by atoms with E-state index in [2.05, 4.69) is 25.8 Å². The van der Waals surface area contributed by atoms with Crippen molar-refractivity contribution < 1.29 is 18.0 Å². The molecule has 0 atom stereocenters. The van der Waals surface area contributed by atoms with Crippen LogP contribution in [-0.2, 0) is 17.4 Å². The van der Waals surface area contributed by atoms with Crippen LogP contribution in [0.3, 0.4) is 0 Å². The molecule has 1 fully saturated rings. The third kappa shape index (κ3) is 4.55. The van der Waals surface area contributed by atoms with E-state index in [1.165, 1.54) is 6.07 Å². The van der Waals surface area contributed by atoms with E-state index >= 15 is 0 Å². The average Bonchev–Trinajstić information content (AvgIpc) is 2.62. The van der Waals surface area contributed by atoms with Crippen molar-refractivity contribution in [2.75, 3.05) is 31.1 Å². The number of amides is 1. The van der Waals surface area contributed by atoms with Crippen molar-refractivity contribution in [3.05, 3.63) is 58.2 Å². The number of halogens is 4. The molecule has 3 rings (SSSR count). The Morgan fingerprint density at radius 1 is 1.12 bits per heavy atom. The number of alkyl halides is 3. The summed E-state index contributed by atoms with van der Waals surface area (Å²) in [4.78, 5) is 20.5. The summed E-state index contributed by atoms with van der Waals surface area (Å²) >= 11 is 3.34. The lowest BCUT2D eigenvalue weighted by atomic mass is 10.1. The van der Waals surface area contributed by atoms with Gasteiger partial charge in [0.2, 0.25) is 5.91 Å². The van der Waals surface area contributed by atoms with Gasteiger partial charge in [-0.3, -0.25) is 4.79 Å². The molecule has 1 aliphatic rings. The van der Waals surface area contributed by atoms with Crippen LogP contribution in [0.25, 0.3) is 0 Å². The van der Waals surface area contributed by atoms with Crippen molar-refractivity contribution in [1.29, 1.82) is 0 Å². The van der Waals surface area contributed by atoms with E-state index < -0.39 is 11.7 Å². The molecule has 2 aromatic rings.